The van der Waals surface area contributed by atoms with Crippen molar-refractivity contribution in [3.63, 3.8) is 0 Å². The lowest BCUT2D eigenvalue weighted by Crippen LogP contribution is -2.12. The smallest absolute Gasteiger partial charge is 0.270 e. The van der Waals surface area contributed by atoms with Crippen molar-refractivity contribution in [3.8, 4) is 27.9 Å². The zero-order valence-electron chi connectivity index (χ0n) is 15.9. The average molecular weight is 406 g/mol. The summed E-state index contributed by atoms with van der Waals surface area (Å²) in [5, 5.41) is 7.37. The zero-order valence-corrected chi connectivity index (χ0v) is 16.7. The number of anilines is 1. The first-order valence-corrected chi connectivity index (χ1v) is 9.84. The van der Waals surface area contributed by atoms with Gasteiger partial charge in [-0.15, -0.1) is 0 Å². The molecule has 0 spiro atoms. The van der Waals surface area contributed by atoms with Crippen LogP contribution in [0.3, 0.4) is 0 Å². The van der Waals surface area contributed by atoms with Crippen LogP contribution in [0.2, 0.25) is 0 Å². The van der Waals surface area contributed by atoms with Crippen molar-refractivity contribution in [3.05, 3.63) is 65.9 Å². The molecule has 0 aliphatic carbocycles. The summed E-state index contributed by atoms with van der Waals surface area (Å²) in [7, 11) is 1.53. The molecule has 4 aromatic rings. The fourth-order valence-corrected chi connectivity index (χ4v) is 3.80. The normalized spacial score (nSPS) is 10.7. The summed E-state index contributed by atoms with van der Waals surface area (Å²) in [6.45, 7) is 1.98. The van der Waals surface area contributed by atoms with Crippen molar-refractivity contribution in [1.29, 1.82) is 0 Å². The molecule has 0 aliphatic heterocycles. The molecule has 29 heavy (non-hydrogen) atoms. The van der Waals surface area contributed by atoms with E-state index in [1.54, 1.807) is 18.2 Å². The third kappa shape index (κ3) is 3.88. The third-order valence-electron chi connectivity index (χ3n) is 4.26. The van der Waals surface area contributed by atoms with Crippen LogP contribution in [0, 0.1) is 0 Å². The number of nitrogens with one attached hydrogen (secondary N) is 1. The first-order chi connectivity index (χ1) is 14.2. The molecule has 1 amide bonds. The summed E-state index contributed by atoms with van der Waals surface area (Å²) >= 11 is 1.30. The number of aryl methyl sites for hydroxylation is 1. The maximum atomic E-state index is 12.7. The van der Waals surface area contributed by atoms with E-state index in [1.165, 1.54) is 18.4 Å². The van der Waals surface area contributed by atoms with E-state index in [-0.39, 0.29) is 5.91 Å². The highest BCUT2D eigenvalue weighted by Gasteiger charge is 2.20. The molecule has 2 heterocycles. The summed E-state index contributed by atoms with van der Waals surface area (Å²) in [5.74, 6) is 1.11. The zero-order chi connectivity index (χ0) is 20.2. The average Bonchev–Trinajstić information content (AvgIpc) is 3.41. The van der Waals surface area contributed by atoms with E-state index in [1.807, 2.05) is 43.3 Å². The molecular formula is C21H18N4O3S. The number of carbonyl (C=O) groups excluding carboxylic acids is 1. The number of aromatic nitrogens is 3. The minimum absolute atomic E-state index is 0.291. The third-order valence-corrected chi connectivity index (χ3v) is 5.26. The first-order valence-electron chi connectivity index (χ1n) is 9.03. The summed E-state index contributed by atoms with van der Waals surface area (Å²) < 4.78 is 10.7. The predicted octanol–water partition coefficient (Wildman–Crippen LogP) is 4.68. The van der Waals surface area contributed by atoms with Crippen molar-refractivity contribution in [2.45, 2.75) is 13.3 Å². The van der Waals surface area contributed by atoms with Crippen molar-refractivity contribution in [1.82, 2.24) is 15.1 Å². The molecule has 0 fully saturated rings. The number of rotatable bonds is 6. The number of para-hydroxylation sites is 1. The molecule has 8 heteroatoms. The van der Waals surface area contributed by atoms with Crippen LogP contribution in [-0.2, 0) is 6.42 Å². The standard InChI is InChI=1S/C21H18N4O3S/c1-3-15-17(20-23-18(25-28-20)13-9-5-4-6-10-13)29-21(22-15)24-19(26)14-11-7-8-12-16(14)27-2/h4-12H,3H2,1-2H3,(H,22,24,26). The Balaban J connectivity index is 1.61. The maximum Gasteiger partial charge on any atom is 0.270 e. The van der Waals surface area contributed by atoms with Crippen LogP contribution >= 0.6 is 11.3 Å². The fraction of sp³-hybridized carbons (Fsp3) is 0.143. The lowest BCUT2D eigenvalue weighted by Gasteiger charge is -2.06. The largest absolute Gasteiger partial charge is 0.496 e. The minimum atomic E-state index is -0.291. The Labute approximate surface area is 171 Å². The molecule has 0 aliphatic rings. The van der Waals surface area contributed by atoms with Crippen LogP contribution in [0.1, 0.15) is 23.0 Å². The number of benzene rings is 2. The lowest BCUT2D eigenvalue weighted by atomic mass is 10.2. The SMILES string of the molecule is CCc1nc(NC(=O)c2ccccc2OC)sc1-c1nc(-c2ccccc2)no1. The van der Waals surface area contributed by atoms with E-state index in [0.29, 0.717) is 34.6 Å². The molecule has 4 rings (SSSR count). The predicted molar refractivity (Wildman–Crippen MR) is 111 cm³/mol. The van der Waals surface area contributed by atoms with Crippen molar-refractivity contribution >= 4 is 22.4 Å². The van der Waals surface area contributed by atoms with Gasteiger partial charge in [0.2, 0.25) is 5.82 Å². The van der Waals surface area contributed by atoms with E-state index in [9.17, 15) is 4.79 Å². The van der Waals surface area contributed by atoms with Gasteiger partial charge in [0.1, 0.15) is 10.6 Å². The highest BCUT2D eigenvalue weighted by molar-refractivity contribution is 7.19. The van der Waals surface area contributed by atoms with Crippen LogP contribution in [-0.4, -0.2) is 28.1 Å². The molecule has 7 nitrogen and oxygen atoms in total. The van der Waals surface area contributed by atoms with Gasteiger partial charge in [-0.3, -0.25) is 10.1 Å². The summed E-state index contributed by atoms with van der Waals surface area (Å²) in [4.78, 5) is 22.4. The Hall–Kier alpha value is -3.52. The minimum Gasteiger partial charge on any atom is -0.496 e. The molecule has 1 N–H and O–H groups in total. The van der Waals surface area contributed by atoms with Gasteiger partial charge in [-0.25, -0.2) is 4.98 Å². The van der Waals surface area contributed by atoms with Gasteiger partial charge in [0.25, 0.3) is 11.8 Å². The van der Waals surface area contributed by atoms with E-state index in [0.717, 1.165) is 16.1 Å². The van der Waals surface area contributed by atoms with Crippen LogP contribution in [0.15, 0.2) is 59.1 Å². The second-order valence-corrected chi connectivity index (χ2v) is 7.09. The number of methoxy groups -OCH3 is 1. The molecule has 0 unspecified atom stereocenters. The highest BCUT2D eigenvalue weighted by atomic mass is 32.1. The van der Waals surface area contributed by atoms with Gasteiger partial charge in [0.15, 0.2) is 5.13 Å². The van der Waals surface area contributed by atoms with Crippen molar-refractivity contribution in [2.75, 3.05) is 12.4 Å². The molecule has 146 valence electrons. The lowest BCUT2D eigenvalue weighted by molar-refractivity contribution is 0.102. The number of hydrogen-bond donors (Lipinski definition) is 1. The van der Waals surface area contributed by atoms with Gasteiger partial charge in [-0.05, 0) is 18.6 Å². The molecule has 2 aromatic heterocycles. The monoisotopic (exact) mass is 406 g/mol. The van der Waals surface area contributed by atoms with Crippen LogP contribution in [0.5, 0.6) is 5.75 Å². The van der Waals surface area contributed by atoms with Gasteiger partial charge in [0.05, 0.1) is 18.4 Å². The maximum absolute atomic E-state index is 12.7. The highest BCUT2D eigenvalue weighted by Crippen LogP contribution is 2.34. The van der Waals surface area contributed by atoms with Gasteiger partial charge in [-0.1, -0.05) is 65.9 Å². The fourth-order valence-electron chi connectivity index (χ4n) is 2.83. The topological polar surface area (TPSA) is 90.1 Å². The molecular weight excluding hydrogens is 388 g/mol. The Kier molecular flexibility index (Phi) is 5.35. The Bertz CT molecular complexity index is 1140. The van der Waals surface area contributed by atoms with E-state index in [4.69, 9.17) is 9.26 Å². The quantitative estimate of drug-likeness (QED) is 0.500. The van der Waals surface area contributed by atoms with E-state index < -0.39 is 0 Å². The van der Waals surface area contributed by atoms with Gasteiger partial charge in [0, 0.05) is 5.56 Å². The second-order valence-electron chi connectivity index (χ2n) is 6.09. The number of amides is 1. The van der Waals surface area contributed by atoms with Gasteiger partial charge < -0.3 is 9.26 Å². The Morgan fingerprint density at radius 2 is 1.86 bits per heavy atom. The molecule has 0 bridgehead atoms. The Morgan fingerprint density at radius 3 is 2.62 bits per heavy atom. The van der Waals surface area contributed by atoms with Crippen molar-refractivity contribution in [2.24, 2.45) is 0 Å². The molecule has 0 saturated carbocycles. The molecule has 2 aromatic carbocycles. The number of ether oxygens (including phenoxy) is 1. The summed E-state index contributed by atoms with van der Waals surface area (Å²) in [6.07, 6.45) is 0.666. The van der Waals surface area contributed by atoms with Crippen molar-refractivity contribution < 1.29 is 14.1 Å². The molecule has 0 atom stereocenters. The van der Waals surface area contributed by atoms with Gasteiger partial charge in [-0.2, -0.15) is 4.98 Å². The second kappa shape index (κ2) is 8.24. The van der Waals surface area contributed by atoms with Crippen LogP contribution in [0.25, 0.3) is 22.2 Å². The first kappa shape index (κ1) is 18.8. The number of thiazole rings is 1. The number of hydrogen-bond acceptors (Lipinski definition) is 7. The molecule has 0 radical (unpaired) electrons. The Morgan fingerprint density at radius 1 is 1.10 bits per heavy atom. The summed E-state index contributed by atoms with van der Waals surface area (Å²) in [6, 6.07) is 16.6. The number of carbonyl (C=O) groups is 1. The van der Waals surface area contributed by atoms with E-state index >= 15 is 0 Å². The van der Waals surface area contributed by atoms with Crippen LogP contribution in [0.4, 0.5) is 5.13 Å². The molecule has 0 saturated heterocycles. The van der Waals surface area contributed by atoms with E-state index in [2.05, 4.69) is 20.4 Å². The summed E-state index contributed by atoms with van der Waals surface area (Å²) in [5.41, 5.74) is 2.09. The van der Waals surface area contributed by atoms with Gasteiger partial charge >= 0.3 is 0 Å². The van der Waals surface area contributed by atoms with Crippen LogP contribution < -0.4 is 10.1 Å². The number of nitrogens with zero attached hydrogens (tertiary/aromatic N) is 3.